The summed E-state index contributed by atoms with van der Waals surface area (Å²) in [5, 5.41) is 0. The zero-order valence-electron chi connectivity index (χ0n) is 7.07. The number of hydrogen-bond donors (Lipinski definition) is 1. The standard InChI is InChI=1S/C9H10FN3/c10-8-2-1-3-9-12-6-7(4-5-11)13(8)9/h1-3,6H,4-5,11H2. The fourth-order valence-electron chi connectivity index (χ4n) is 1.38. The zero-order valence-corrected chi connectivity index (χ0v) is 7.07. The van der Waals surface area contributed by atoms with Gasteiger partial charge in [-0.15, -0.1) is 0 Å². The maximum absolute atomic E-state index is 13.3. The minimum atomic E-state index is -0.293. The van der Waals surface area contributed by atoms with E-state index >= 15 is 0 Å². The number of nitrogens with zero attached hydrogens (tertiary/aromatic N) is 2. The Hall–Kier alpha value is -1.42. The van der Waals surface area contributed by atoms with Crippen LogP contribution in [-0.2, 0) is 6.42 Å². The number of hydrogen-bond acceptors (Lipinski definition) is 2. The minimum absolute atomic E-state index is 0.293. The molecule has 0 fully saturated rings. The second kappa shape index (κ2) is 3.14. The third-order valence-electron chi connectivity index (χ3n) is 1.96. The van der Waals surface area contributed by atoms with Gasteiger partial charge in [0, 0.05) is 18.3 Å². The summed E-state index contributed by atoms with van der Waals surface area (Å²) in [5.74, 6) is -0.293. The molecule has 13 heavy (non-hydrogen) atoms. The number of halogens is 1. The van der Waals surface area contributed by atoms with Gasteiger partial charge in [0.2, 0.25) is 0 Å². The molecule has 68 valence electrons. The highest BCUT2D eigenvalue weighted by molar-refractivity contribution is 5.40. The van der Waals surface area contributed by atoms with E-state index in [1.807, 2.05) is 0 Å². The van der Waals surface area contributed by atoms with Gasteiger partial charge in [-0.25, -0.2) is 4.98 Å². The first kappa shape index (κ1) is 8.19. The van der Waals surface area contributed by atoms with E-state index in [0.717, 1.165) is 5.69 Å². The predicted molar refractivity (Wildman–Crippen MR) is 47.9 cm³/mol. The van der Waals surface area contributed by atoms with Gasteiger partial charge in [-0.1, -0.05) is 6.07 Å². The average Bonchev–Trinajstić information content (AvgIpc) is 2.51. The molecule has 4 heteroatoms. The second-order valence-electron chi connectivity index (χ2n) is 2.83. The molecule has 2 aromatic rings. The fraction of sp³-hybridized carbons (Fsp3) is 0.222. The van der Waals surface area contributed by atoms with Crippen LogP contribution >= 0.6 is 0 Å². The number of nitrogens with two attached hydrogens (primary N) is 1. The van der Waals surface area contributed by atoms with Crippen LogP contribution < -0.4 is 5.73 Å². The third kappa shape index (κ3) is 1.29. The SMILES string of the molecule is NCCc1cnc2cccc(F)n12. The Morgan fingerprint density at radius 1 is 1.46 bits per heavy atom. The molecular weight excluding hydrogens is 169 g/mol. The van der Waals surface area contributed by atoms with Gasteiger partial charge in [-0.2, -0.15) is 4.39 Å². The number of rotatable bonds is 2. The highest BCUT2D eigenvalue weighted by Gasteiger charge is 2.05. The van der Waals surface area contributed by atoms with Crippen molar-refractivity contribution in [2.75, 3.05) is 6.54 Å². The molecule has 2 aromatic heterocycles. The Bertz CT molecular complexity index is 422. The molecule has 0 amide bonds. The normalized spacial score (nSPS) is 10.9. The van der Waals surface area contributed by atoms with Crippen molar-refractivity contribution in [3.63, 3.8) is 0 Å². The van der Waals surface area contributed by atoms with Crippen molar-refractivity contribution in [1.29, 1.82) is 0 Å². The van der Waals surface area contributed by atoms with Gasteiger partial charge < -0.3 is 5.73 Å². The molecule has 0 atom stereocenters. The van der Waals surface area contributed by atoms with Gasteiger partial charge in [0.1, 0.15) is 5.65 Å². The Morgan fingerprint density at radius 3 is 3.08 bits per heavy atom. The fourth-order valence-corrected chi connectivity index (χ4v) is 1.38. The molecule has 0 bridgehead atoms. The average molecular weight is 179 g/mol. The van der Waals surface area contributed by atoms with Crippen molar-refractivity contribution < 1.29 is 4.39 Å². The third-order valence-corrected chi connectivity index (χ3v) is 1.96. The first-order valence-corrected chi connectivity index (χ1v) is 4.14. The number of imidazole rings is 1. The van der Waals surface area contributed by atoms with E-state index in [0.29, 0.717) is 18.6 Å². The lowest BCUT2D eigenvalue weighted by Crippen LogP contribution is -2.06. The Kier molecular flexibility index (Phi) is 1.98. The summed E-state index contributed by atoms with van der Waals surface area (Å²) < 4.78 is 14.8. The smallest absolute Gasteiger partial charge is 0.199 e. The molecule has 3 nitrogen and oxygen atoms in total. The van der Waals surface area contributed by atoms with E-state index in [-0.39, 0.29) is 5.95 Å². The monoisotopic (exact) mass is 179 g/mol. The second-order valence-corrected chi connectivity index (χ2v) is 2.83. The molecule has 0 aliphatic heterocycles. The first-order valence-electron chi connectivity index (χ1n) is 4.14. The summed E-state index contributed by atoms with van der Waals surface area (Å²) in [6, 6.07) is 4.82. The summed E-state index contributed by atoms with van der Waals surface area (Å²) in [6.07, 6.45) is 2.30. The molecule has 2 rings (SSSR count). The molecule has 0 aromatic carbocycles. The molecule has 0 saturated carbocycles. The van der Waals surface area contributed by atoms with E-state index in [1.54, 1.807) is 18.3 Å². The van der Waals surface area contributed by atoms with E-state index in [1.165, 1.54) is 10.5 Å². The van der Waals surface area contributed by atoms with Gasteiger partial charge in [-0.3, -0.25) is 4.40 Å². The molecule has 0 unspecified atom stereocenters. The quantitative estimate of drug-likeness (QED) is 0.698. The summed E-state index contributed by atoms with van der Waals surface area (Å²) in [7, 11) is 0. The molecule has 2 N–H and O–H groups in total. The molecule has 0 saturated heterocycles. The summed E-state index contributed by atoms with van der Waals surface area (Å²) in [5.41, 5.74) is 6.84. The van der Waals surface area contributed by atoms with Crippen molar-refractivity contribution >= 4 is 5.65 Å². The summed E-state index contributed by atoms with van der Waals surface area (Å²) in [4.78, 5) is 4.07. The van der Waals surface area contributed by atoms with Crippen molar-refractivity contribution in [3.05, 3.63) is 36.0 Å². The maximum Gasteiger partial charge on any atom is 0.199 e. The van der Waals surface area contributed by atoms with E-state index < -0.39 is 0 Å². The lowest BCUT2D eigenvalue weighted by atomic mass is 10.3. The summed E-state index contributed by atoms with van der Waals surface area (Å²) >= 11 is 0. The van der Waals surface area contributed by atoms with Gasteiger partial charge in [0.25, 0.3) is 0 Å². The van der Waals surface area contributed by atoms with E-state index in [4.69, 9.17) is 5.73 Å². The zero-order chi connectivity index (χ0) is 9.26. The van der Waals surface area contributed by atoms with E-state index in [2.05, 4.69) is 4.98 Å². The Labute approximate surface area is 75.0 Å². The van der Waals surface area contributed by atoms with Crippen LogP contribution in [0.1, 0.15) is 5.69 Å². The van der Waals surface area contributed by atoms with E-state index in [9.17, 15) is 4.39 Å². The molecule has 2 heterocycles. The molecule has 0 aliphatic carbocycles. The van der Waals surface area contributed by atoms with Crippen LogP contribution in [0.2, 0.25) is 0 Å². The lowest BCUT2D eigenvalue weighted by Gasteiger charge is -2.00. The highest BCUT2D eigenvalue weighted by Crippen LogP contribution is 2.09. The number of aromatic nitrogens is 2. The largest absolute Gasteiger partial charge is 0.330 e. The van der Waals surface area contributed by atoms with Crippen LogP contribution in [-0.4, -0.2) is 15.9 Å². The van der Waals surface area contributed by atoms with Crippen molar-refractivity contribution in [2.45, 2.75) is 6.42 Å². The van der Waals surface area contributed by atoms with Crippen molar-refractivity contribution in [2.24, 2.45) is 5.73 Å². The number of fused-ring (bicyclic) bond motifs is 1. The highest BCUT2D eigenvalue weighted by atomic mass is 19.1. The number of pyridine rings is 1. The van der Waals surface area contributed by atoms with Gasteiger partial charge >= 0.3 is 0 Å². The Balaban J connectivity index is 2.64. The first-order chi connectivity index (χ1) is 6.33. The molecule has 0 spiro atoms. The lowest BCUT2D eigenvalue weighted by molar-refractivity contribution is 0.560. The molecule has 0 radical (unpaired) electrons. The van der Waals surface area contributed by atoms with Crippen molar-refractivity contribution in [1.82, 2.24) is 9.38 Å². The van der Waals surface area contributed by atoms with Gasteiger partial charge in [0.05, 0.1) is 0 Å². The Morgan fingerprint density at radius 2 is 2.31 bits per heavy atom. The van der Waals surface area contributed by atoms with Crippen LogP contribution in [0.5, 0.6) is 0 Å². The van der Waals surface area contributed by atoms with Crippen LogP contribution in [0.3, 0.4) is 0 Å². The van der Waals surface area contributed by atoms with Gasteiger partial charge in [-0.05, 0) is 18.7 Å². The summed E-state index contributed by atoms with van der Waals surface area (Å²) in [6.45, 7) is 0.502. The molecular formula is C9H10FN3. The molecule has 0 aliphatic rings. The van der Waals surface area contributed by atoms with Crippen molar-refractivity contribution in [3.8, 4) is 0 Å². The predicted octanol–water partition coefficient (Wildman–Crippen LogP) is 0.975. The maximum atomic E-state index is 13.3. The minimum Gasteiger partial charge on any atom is -0.330 e. The van der Waals surface area contributed by atoms with Crippen LogP contribution in [0.4, 0.5) is 4.39 Å². The topological polar surface area (TPSA) is 43.3 Å². The van der Waals surface area contributed by atoms with Gasteiger partial charge in [0.15, 0.2) is 5.95 Å². The van der Waals surface area contributed by atoms with Crippen LogP contribution in [0.15, 0.2) is 24.4 Å². The van der Waals surface area contributed by atoms with Crippen LogP contribution in [0, 0.1) is 5.95 Å². The van der Waals surface area contributed by atoms with Crippen LogP contribution in [0.25, 0.3) is 5.65 Å².